The molecule has 0 saturated heterocycles. The van der Waals surface area contributed by atoms with Crippen molar-refractivity contribution in [2.45, 2.75) is 13.3 Å². The highest BCUT2D eigenvalue weighted by Gasteiger charge is 2.27. The van der Waals surface area contributed by atoms with E-state index >= 15 is 0 Å². The molecule has 3 rings (SSSR count). The van der Waals surface area contributed by atoms with Gasteiger partial charge in [-0.05, 0) is 42.2 Å². The number of nitrogen functional groups attached to an aromatic ring is 1. The summed E-state index contributed by atoms with van der Waals surface area (Å²) < 4.78 is 0. The third kappa shape index (κ3) is 2.61. The molecule has 0 radical (unpaired) electrons. The van der Waals surface area contributed by atoms with Crippen LogP contribution >= 0.6 is 11.6 Å². The molecule has 0 spiro atoms. The molecule has 1 aliphatic rings. The van der Waals surface area contributed by atoms with Gasteiger partial charge in [-0.1, -0.05) is 36.7 Å². The van der Waals surface area contributed by atoms with Gasteiger partial charge in [0.1, 0.15) is 0 Å². The maximum absolute atomic E-state index is 12.8. The van der Waals surface area contributed by atoms with Gasteiger partial charge >= 0.3 is 0 Å². The number of benzene rings is 2. The highest BCUT2D eigenvalue weighted by Crippen LogP contribution is 2.31. The first kappa shape index (κ1) is 14.0. The molecule has 4 heteroatoms. The number of para-hydroxylation sites is 1. The first-order valence-electron chi connectivity index (χ1n) is 7.01. The van der Waals surface area contributed by atoms with Crippen molar-refractivity contribution in [3.8, 4) is 0 Å². The zero-order valence-corrected chi connectivity index (χ0v) is 12.6. The molecule has 108 valence electrons. The van der Waals surface area contributed by atoms with E-state index in [-0.39, 0.29) is 5.91 Å². The minimum absolute atomic E-state index is 0.0302. The summed E-state index contributed by atoms with van der Waals surface area (Å²) in [6, 6.07) is 13.1. The Balaban J connectivity index is 1.99. The summed E-state index contributed by atoms with van der Waals surface area (Å²) in [5, 5.41) is 0.471. The molecule has 1 amide bonds. The van der Waals surface area contributed by atoms with Crippen molar-refractivity contribution in [1.82, 2.24) is 0 Å². The van der Waals surface area contributed by atoms with Gasteiger partial charge in [-0.3, -0.25) is 4.79 Å². The molecule has 0 saturated carbocycles. The van der Waals surface area contributed by atoms with Crippen LogP contribution in [-0.2, 0) is 6.42 Å². The van der Waals surface area contributed by atoms with Crippen molar-refractivity contribution in [3.05, 3.63) is 58.6 Å². The normalized spacial score (nSPS) is 17.4. The smallest absolute Gasteiger partial charge is 0.258 e. The lowest BCUT2D eigenvalue weighted by Crippen LogP contribution is -2.39. The van der Waals surface area contributed by atoms with Crippen molar-refractivity contribution >= 4 is 28.9 Å². The fourth-order valence-electron chi connectivity index (χ4n) is 2.82. The minimum Gasteiger partial charge on any atom is -0.398 e. The van der Waals surface area contributed by atoms with E-state index in [1.165, 1.54) is 5.56 Å². The molecule has 2 aromatic rings. The molecule has 0 fully saturated rings. The number of hydrogen-bond acceptors (Lipinski definition) is 2. The molecule has 1 unspecified atom stereocenters. The van der Waals surface area contributed by atoms with Crippen LogP contribution in [0.15, 0.2) is 42.5 Å². The number of halogens is 1. The van der Waals surface area contributed by atoms with Gasteiger partial charge in [-0.25, -0.2) is 0 Å². The number of rotatable bonds is 1. The van der Waals surface area contributed by atoms with Crippen LogP contribution < -0.4 is 10.6 Å². The van der Waals surface area contributed by atoms with Gasteiger partial charge in [0.05, 0.1) is 10.7 Å². The fourth-order valence-corrected chi connectivity index (χ4v) is 2.94. The number of nitrogens with two attached hydrogens (primary N) is 1. The number of amides is 1. The summed E-state index contributed by atoms with van der Waals surface area (Å²) in [6.45, 7) is 2.88. The Labute approximate surface area is 129 Å². The van der Waals surface area contributed by atoms with Crippen LogP contribution in [0.4, 0.5) is 11.4 Å². The zero-order valence-electron chi connectivity index (χ0n) is 11.8. The zero-order chi connectivity index (χ0) is 15.0. The van der Waals surface area contributed by atoms with E-state index in [1.54, 1.807) is 18.2 Å². The van der Waals surface area contributed by atoms with E-state index in [0.29, 0.717) is 22.2 Å². The van der Waals surface area contributed by atoms with E-state index < -0.39 is 0 Å². The number of nitrogens with zero attached hydrogens (tertiary/aromatic N) is 1. The van der Waals surface area contributed by atoms with E-state index in [2.05, 4.69) is 13.0 Å². The third-order valence-corrected chi connectivity index (χ3v) is 4.18. The summed E-state index contributed by atoms with van der Waals surface area (Å²) in [6.07, 6.45) is 1.00. The predicted octanol–water partition coefficient (Wildman–Crippen LogP) is 3.76. The molecule has 1 heterocycles. The number of hydrogen-bond donors (Lipinski definition) is 1. The van der Waals surface area contributed by atoms with Crippen molar-refractivity contribution in [2.75, 3.05) is 17.2 Å². The highest BCUT2D eigenvalue weighted by molar-refractivity contribution is 6.33. The topological polar surface area (TPSA) is 46.3 Å². The summed E-state index contributed by atoms with van der Waals surface area (Å²) >= 11 is 5.93. The second-order valence-electron chi connectivity index (χ2n) is 5.59. The summed E-state index contributed by atoms with van der Waals surface area (Å²) in [4.78, 5) is 14.6. The lowest BCUT2D eigenvalue weighted by Gasteiger charge is -2.33. The van der Waals surface area contributed by atoms with Gasteiger partial charge < -0.3 is 10.6 Å². The Hall–Kier alpha value is -2.00. The van der Waals surface area contributed by atoms with Gasteiger partial charge in [0, 0.05) is 17.8 Å². The van der Waals surface area contributed by atoms with Gasteiger partial charge in [-0.15, -0.1) is 0 Å². The lowest BCUT2D eigenvalue weighted by atomic mass is 9.93. The van der Waals surface area contributed by atoms with Crippen molar-refractivity contribution < 1.29 is 4.79 Å². The highest BCUT2D eigenvalue weighted by atomic mass is 35.5. The largest absolute Gasteiger partial charge is 0.398 e. The lowest BCUT2D eigenvalue weighted by molar-refractivity contribution is 0.0981. The van der Waals surface area contributed by atoms with Crippen LogP contribution in [0.1, 0.15) is 22.8 Å². The molecule has 21 heavy (non-hydrogen) atoms. The summed E-state index contributed by atoms with van der Waals surface area (Å²) in [5.74, 6) is 0.408. The summed E-state index contributed by atoms with van der Waals surface area (Å²) in [7, 11) is 0. The monoisotopic (exact) mass is 300 g/mol. The maximum Gasteiger partial charge on any atom is 0.258 e. The van der Waals surface area contributed by atoms with Crippen LogP contribution in [0.5, 0.6) is 0 Å². The molecular weight excluding hydrogens is 284 g/mol. The first-order valence-corrected chi connectivity index (χ1v) is 7.39. The molecule has 0 bridgehead atoms. The number of fused-ring (bicyclic) bond motifs is 1. The molecular formula is C17H17ClN2O. The van der Waals surface area contributed by atoms with Crippen LogP contribution in [0.25, 0.3) is 0 Å². The minimum atomic E-state index is -0.0302. The van der Waals surface area contributed by atoms with E-state index in [0.717, 1.165) is 18.7 Å². The molecule has 0 aliphatic carbocycles. The van der Waals surface area contributed by atoms with Crippen molar-refractivity contribution in [1.29, 1.82) is 0 Å². The molecule has 1 aliphatic heterocycles. The third-order valence-electron chi connectivity index (χ3n) is 3.83. The molecule has 2 aromatic carbocycles. The maximum atomic E-state index is 12.8. The van der Waals surface area contributed by atoms with E-state index in [4.69, 9.17) is 17.3 Å². The van der Waals surface area contributed by atoms with Crippen molar-refractivity contribution in [3.63, 3.8) is 0 Å². The molecule has 3 nitrogen and oxygen atoms in total. The number of carbonyl (C=O) groups is 1. The number of anilines is 2. The molecule has 2 N–H and O–H groups in total. The quantitative estimate of drug-likeness (QED) is 0.815. The van der Waals surface area contributed by atoms with Crippen LogP contribution in [0.2, 0.25) is 5.02 Å². The average molecular weight is 301 g/mol. The molecule has 0 aromatic heterocycles. The number of carbonyl (C=O) groups excluding carboxylic acids is 1. The van der Waals surface area contributed by atoms with Crippen LogP contribution in [-0.4, -0.2) is 12.5 Å². The fraction of sp³-hybridized carbons (Fsp3) is 0.235. The first-order chi connectivity index (χ1) is 10.1. The SMILES string of the molecule is CC1Cc2ccccc2N(C(=O)c2ccc(Cl)c(N)c2)C1. The van der Waals surface area contributed by atoms with Crippen LogP contribution in [0, 0.1) is 5.92 Å². The standard InChI is InChI=1S/C17H17ClN2O/c1-11-8-12-4-2-3-5-16(12)20(10-11)17(21)13-6-7-14(18)15(19)9-13/h2-7,9,11H,8,10,19H2,1H3. The van der Waals surface area contributed by atoms with Gasteiger partial charge in [0.2, 0.25) is 0 Å². The average Bonchev–Trinajstić information content (AvgIpc) is 2.48. The van der Waals surface area contributed by atoms with Gasteiger partial charge in [0.25, 0.3) is 5.91 Å². The summed E-state index contributed by atoms with van der Waals surface area (Å²) in [5.41, 5.74) is 9.02. The Bertz CT molecular complexity index is 699. The van der Waals surface area contributed by atoms with Gasteiger partial charge in [0.15, 0.2) is 0 Å². The molecule has 1 atom stereocenters. The van der Waals surface area contributed by atoms with Gasteiger partial charge in [-0.2, -0.15) is 0 Å². The van der Waals surface area contributed by atoms with E-state index in [1.807, 2.05) is 23.1 Å². The van der Waals surface area contributed by atoms with Crippen molar-refractivity contribution in [2.24, 2.45) is 5.92 Å². The van der Waals surface area contributed by atoms with E-state index in [9.17, 15) is 4.79 Å². The Morgan fingerprint density at radius 2 is 2.05 bits per heavy atom. The van der Waals surface area contributed by atoms with Crippen LogP contribution in [0.3, 0.4) is 0 Å². The Morgan fingerprint density at radius 3 is 2.81 bits per heavy atom. The Morgan fingerprint density at radius 1 is 1.29 bits per heavy atom. The Kier molecular flexibility index (Phi) is 3.60. The predicted molar refractivity (Wildman–Crippen MR) is 86.9 cm³/mol. The second-order valence-corrected chi connectivity index (χ2v) is 6.00. The second kappa shape index (κ2) is 5.41.